The predicted octanol–water partition coefficient (Wildman–Crippen LogP) is 3.75. The van der Waals surface area contributed by atoms with Crippen molar-refractivity contribution < 1.29 is 19.7 Å². The molecule has 6 heteroatoms. The number of aryl methyl sites for hydroxylation is 1. The molecule has 3 aromatic carbocycles. The number of carbonyl (C=O) groups is 1. The van der Waals surface area contributed by atoms with E-state index in [9.17, 15) is 15.0 Å². The zero-order chi connectivity index (χ0) is 19.9. The topological polar surface area (TPSA) is 91.2 Å². The van der Waals surface area contributed by atoms with Gasteiger partial charge in [0.1, 0.15) is 23.9 Å². The van der Waals surface area contributed by atoms with Crippen molar-refractivity contribution in [3.63, 3.8) is 0 Å². The summed E-state index contributed by atoms with van der Waals surface area (Å²) in [5, 5.41) is 23.0. The number of nitrogens with one attached hydrogen (secondary N) is 1. The molecule has 0 saturated carbocycles. The number of phenolic OH excluding ortho intramolecular Hbond substituents is 2. The van der Waals surface area contributed by atoms with Gasteiger partial charge in [-0.15, -0.1) is 0 Å². The fourth-order valence-electron chi connectivity index (χ4n) is 2.55. The van der Waals surface area contributed by atoms with Crippen LogP contribution >= 0.6 is 0 Å². The van der Waals surface area contributed by atoms with Crippen LogP contribution in [-0.2, 0) is 6.61 Å². The maximum absolute atomic E-state index is 12.0. The lowest BCUT2D eigenvalue weighted by Crippen LogP contribution is -2.17. The van der Waals surface area contributed by atoms with Crippen LogP contribution in [0.3, 0.4) is 0 Å². The summed E-state index contributed by atoms with van der Waals surface area (Å²) in [5.74, 6) is -0.303. The van der Waals surface area contributed by atoms with Gasteiger partial charge in [-0.2, -0.15) is 5.10 Å². The third-order valence-corrected chi connectivity index (χ3v) is 4.12. The van der Waals surface area contributed by atoms with Crippen molar-refractivity contribution in [2.75, 3.05) is 0 Å². The van der Waals surface area contributed by atoms with Crippen LogP contribution < -0.4 is 10.2 Å². The molecule has 0 radical (unpaired) electrons. The summed E-state index contributed by atoms with van der Waals surface area (Å²) >= 11 is 0. The van der Waals surface area contributed by atoms with Crippen LogP contribution in [0.15, 0.2) is 71.8 Å². The molecule has 142 valence electrons. The summed E-state index contributed by atoms with van der Waals surface area (Å²) in [4.78, 5) is 12.0. The molecule has 3 rings (SSSR count). The van der Waals surface area contributed by atoms with Crippen LogP contribution in [0.2, 0.25) is 0 Å². The van der Waals surface area contributed by atoms with Crippen LogP contribution in [0.25, 0.3) is 0 Å². The first-order valence-electron chi connectivity index (χ1n) is 8.65. The third-order valence-electron chi connectivity index (χ3n) is 4.12. The number of aromatic hydroxyl groups is 2. The number of carbonyl (C=O) groups excluding carboxylic acids is 1. The Balaban J connectivity index is 1.61. The molecule has 3 aromatic rings. The maximum Gasteiger partial charge on any atom is 0.275 e. The highest BCUT2D eigenvalue weighted by Gasteiger charge is 2.11. The van der Waals surface area contributed by atoms with E-state index in [0.717, 1.165) is 16.7 Å². The second-order valence-corrected chi connectivity index (χ2v) is 6.19. The molecule has 28 heavy (non-hydrogen) atoms. The van der Waals surface area contributed by atoms with E-state index in [1.807, 2.05) is 49.4 Å². The molecular formula is C22H20N2O4. The monoisotopic (exact) mass is 376 g/mol. The molecule has 6 nitrogen and oxygen atoms in total. The number of hydrogen-bond donors (Lipinski definition) is 3. The van der Waals surface area contributed by atoms with Gasteiger partial charge in [0, 0.05) is 0 Å². The van der Waals surface area contributed by atoms with Crippen LogP contribution in [-0.4, -0.2) is 22.3 Å². The van der Waals surface area contributed by atoms with Gasteiger partial charge in [-0.1, -0.05) is 36.4 Å². The van der Waals surface area contributed by atoms with E-state index in [-0.39, 0.29) is 17.1 Å². The van der Waals surface area contributed by atoms with Gasteiger partial charge < -0.3 is 14.9 Å². The Bertz CT molecular complexity index is 1010. The van der Waals surface area contributed by atoms with Crippen molar-refractivity contribution in [1.82, 2.24) is 5.43 Å². The van der Waals surface area contributed by atoms with E-state index >= 15 is 0 Å². The summed E-state index contributed by atoms with van der Waals surface area (Å²) in [6.45, 7) is 2.50. The second kappa shape index (κ2) is 8.73. The van der Waals surface area contributed by atoms with E-state index in [1.165, 1.54) is 24.4 Å². The normalized spacial score (nSPS) is 10.8. The Hall–Kier alpha value is -3.80. The highest BCUT2D eigenvalue weighted by molar-refractivity contribution is 5.97. The van der Waals surface area contributed by atoms with Crippen LogP contribution in [0.4, 0.5) is 0 Å². The van der Waals surface area contributed by atoms with Gasteiger partial charge in [0.15, 0.2) is 0 Å². The molecule has 1 amide bonds. The Morgan fingerprint density at radius 1 is 1.07 bits per heavy atom. The van der Waals surface area contributed by atoms with Crippen LogP contribution in [0, 0.1) is 6.92 Å². The molecule has 0 spiro atoms. The lowest BCUT2D eigenvalue weighted by atomic mass is 10.1. The fraction of sp³-hybridized carbons (Fsp3) is 0.0909. The first-order valence-corrected chi connectivity index (χ1v) is 8.65. The zero-order valence-electron chi connectivity index (χ0n) is 15.3. The third kappa shape index (κ3) is 4.88. The molecule has 0 bridgehead atoms. The average Bonchev–Trinajstić information content (AvgIpc) is 2.69. The number of hydrazone groups is 1. The molecule has 0 fully saturated rings. The number of benzene rings is 3. The summed E-state index contributed by atoms with van der Waals surface area (Å²) < 4.78 is 5.83. The molecule has 0 aliphatic heterocycles. The maximum atomic E-state index is 12.0. The molecule has 0 heterocycles. The molecule has 3 N–H and O–H groups in total. The second-order valence-electron chi connectivity index (χ2n) is 6.19. The van der Waals surface area contributed by atoms with Crippen molar-refractivity contribution in [1.29, 1.82) is 0 Å². The summed E-state index contributed by atoms with van der Waals surface area (Å²) in [5.41, 5.74) is 5.27. The first-order chi connectivity index (χ1) is 13.5. The number of nitrogens with zero attached hydrogens (tertiary/aromatic N) is 1. The number of rotatable bonds is 6. The summed E-state index contributed by atoms with van der Waals surface area (Å²) in [6.07, 6.45) is 1.47. The van der Waals surface area contributed by atoms with E-state index < -0.39 is 5.91 Å². The van der Waals surface area contributed by atoms with Crippen molar-refractivity contribution in [3.05, 3.63) is 89.0 Å². The highest BCUT2D eigenvalue weighted by Crippen LogP contribution is 2.21. The first kappa shape index (κ1) is 19.0. The summed E-state index contributed by atoms with van der Waals surface area (Å²) in [6, 6.07) is 19.0. The lowest BCUT2D eigenvalue weighted by Gasteiger charge is -2.09. The van der Waals surface area contributed by atoms with Gasteiger partial charge in [-0.05, 0) is 53.9 Å². The smallest absolute Gasteiger partial charge is 0.275 e. The molecule has 0 atom stereocenters. The van der Waals surface area contributed by atoms with Crippen molar-refractivity contribution in [2.45, 2.75) is 13.5 Å². The Kier molecular flexibility index (Phi) is 5.91. The number of ether oxygens (including phenoxy) is 1. The van der Waals surface area contributed by atoms with Crippen LogP contribution in [0.1, 0.15) is 27.0 Å². The van der Waals surface area contributed by atoms with Crippen molar-refractivity contribution in [3.8, 4) is 17.2 Å². The molecular weight excluding hydrogens is 356 g/mol. The van der Waals surface area contributed by atoms with Gasteiger partial charge in [0.2, 0.25) is 0 Å². The summed E-state index contributed by atoms with van der Waals surface area (Å²) in [7, 11) is 0. The fourth-order valence-corrected chi connectivity index (χ4v) is 2.55. The lowest BCUT2D eigenvalue weighted by molar-refractivity contribution is 0.0952. The molecule has 0 aliphatic rings. The van der Waals surface area contributed by atoms with Gasteiger partial charge >= 0.3 is 0 Å². The van der Waals surface area contributed by atoms with Gasteiger partial charge in [0.05, 0.1) is 11.8 Å². The van der Waals surface area contributed by atoms with Gasteiger partial charge in [-0.3, -0.25) is 4.79 Å². The molecule has 0 aliphatic carbocycles. The molecule has 0 saturated heterocycles. The SMILES string of the molecule is Cc1ccccc1COc1cccc(/C=N/NC(=O)c2cc(O)ccc2O)c1. The quantitative estimate of drug-likeness (QED) is 0.347. The Morgan fingerprint density at radius 2 is 1.89 bits per heavy atom. The minimum absolute atomic E-state index is 0.0625. The van der Waals surface area contributed by atoms with E-state index in [0.29, 0.717) is 12.4 Å². The van der Waals surface area contributed by atoms with E-state index in [4.69, 9.17) is 4.74 Å². The minimum atomic E-state index is -0.628. The van der Waals surface area contributed by atoms with Crippen LogP contribution in [0.5, 0.6) is 17.2 Å². The average molecular weight is 376 g/mol. The largest absolute Gasteiger partial charge is 0.508 e. The Morgan fingerprint density at radius 3 is 2.71 bits per heavy atom. The standard InChI is InChI=1S/C22H20N2O4/c1-15-5-2-3-7-17(15)14-28-19-8-4-6-16(11-19)13-23-24-22(27)20-12-18(25)9-10-21(20)26/h2-13,25-26H,14H2,1H3,(H,24,27)/b23-13+. The van der Waals surface area contributed by atoms with Crippen molar-refractivity contribution >= 4 is 12.1 Å². The Labute approximate surface area is 162 Å². The number of hydrogen-bond acceptors (Lipinski definition) is 5. The zero-order valence-corrected chi connectivity index (χ0v) is 15.3. The number of phenols is 2. The van der Waals surface area contributed by atoms with E-state index in [1.54, 1.807) is 6.07 Å². The minimum Gasteiger partial charge on any atom is -0.508 e. The van der Waals surface area contributed by atoms with Gasteiger partial charge in [-0.25, -0.2) is 5.43 Å². The van der Waals surface area contributed by atoms with Gasteiger partial charge in [0.25, 0.3) is 5.91 Å². The highest BCUT2D eigenvalue weighted by atomic mass is 16.5. The molecule has 0 aromatic heterocycles. The number of amides is 1. The van der Waals surface area contributed by atoms with Crippen molar-refractivity contribution in [2.24, 2.45) is 5.10 Å². The van der Waals surface area contributed by atoms with E-state index in [2.05, 4.69) is 10.5 Å². The molecule has 0 unspecified atom stereocenters. The predicted molar refractivity (Wildman–Crippen MR) is 107 cm³/mol.